The summed E-state index contributed by atoms with van der Waals surface area (Å²) in [7, 11) is 1.83. The molecule has 16 heavy (non-hydrogen) atoms. The first kappa shape index (κ1) is 10.6. The van der Waals surface area contributed by atoms with Gasteiger partial charge in [-0.05, 0) is 14.0 Å². The van der Waals surface area contributed by atoms with Crippen LogP contribution in [-0.4, -0.2) is 22.4 Å². The molecule has 0 aromatic carbocycles. The van der Waals surface area contributed by atoms with Gasteiger partial charge >= 0.3 is 6.01 Å². The minimum absolute atomic E-state index is 0.0371. The molecule has 7 nitrogen and oxygen atoms in total. The number of nitrogens with zero attached hydrogens (tertiary/aromatic N) is 3. The average molecular weight is 223 g/mol. The predicted octanol–water partition coefficient (Wildman–Crippen LogP) is 0.950. The fourth-order valence-corrected chi connectivity index (χ4v) is 1.10. The quantitative estimate of drug-likeness (QED) is 0.779. The van der Waals surface area contributed by atoms with Crippen LogP contribution in [0.1, 0.15) is 24.6 Å². The summed E-state index contributed by atoms with van der Waals surface area (Å²) in [6.45, 7) is 2.43. The molecule has 7 heteroatoms. The van der Waals surface area contributed by atoms with Crippen molar-refractivity contribution in [2.45, 2.75) is 19.5 Å². The number of aromatic nitrogens is 3. The summed E-state index contributed by atoms with van der Waals surface area (Å²) >= 11 is 0. The van der Waals surface area contributed by atoms with Crippen LogP contribution in [0.25, 0.3) is 0 Å². The Labute approximate surface area is 92.2 Å². The molecule has 1 atom stereocenters. The van der Waals surface area contributed by atoms with Gasteiger partial charge in [0.1, 0.15) is 12.0 Å². The molecule has 0 bridgehead atoms. The summed E-state index contributed by atoms with van der Waals surface area (Å²) in [5.74, 6) is 0.546. The van der Waals surface area contributed by atoms with E-state index in [1.165, 1.54) is 6.26 Å². The Kier molecular flexibility index (Phi) is 3.16. The molecule has 2 heterocycles. The lowest BCUT2D eigenvalue weighted by Gasteiger charge is -2.02. The third kappa shape index (κ3) is 2.37. The molecule has 86 valence electrons. The van der Waals surface area contributed by atoms with Crippen molar-refractivity contribution in [3.8, 4) is 0 Å². The third-order valence-electron chi connectivity index (χ3n) is 2.16. The minimum atomic E-state index is 0.0371. The Morgan fingerprint density at radius 1 is 1.44 bits per heavy atom. The average Bonchev–Trinajstić information content (AvgIpc) is 2.96. The van der Waals surface area contributed by atoms with E-state index in [0.717, 1.165) is 5.69 Å². The second kappa shape index (κ2) is 4.75. The minimum Gasteiger partial charge on any atom is -0.406 e. The molecule has 1 unspecified atom stereocenters. The van der Waals surface area contributed by atoms with E-state index in [2.05, 4.69) is 26.0 Å². The van der Waals surface area contributed by atoms with Crippen molar-refractivity contribution in [2.24, 2.45) is 0 Å². The van der Waals surface area contributed by atoms with Crippen LogP contribution in [0.3, 0.4) is 0 Å². The highest BCUT2D eigenvalue weighted by atomic mass is 16.5. The van der Waals surface area contributed by atoms with Crippen molar-refractivity contribution in [1.29, 1.82) is 0 Å². The lowest BCUT2D eigenvalue weighted by Crippen LogP contribution is -2.12. The molecular formula is C9H13N5O2. The van der Waals surface area contributed by atoms with Crippen molar-refractivity contribution in [3.05, 3.63) is 23.9 Å². The zero-order valence-electron chi connectivity index (χ0n) is 9.10. The van der Waals surface area contributed by atoms with Gasteiger partial charge < -0.3 is 19.6 Å². The fourth-order valence-electron chi connectivity index (χ4n) is 1.10. The summed E-state index contributed by atoms with van der Waals surface area (Å²) in [6.07, 6.45) is 1.51. The SMILES string of the molecule is CNC(C)c1nnc(NCc2ccon2)o1. The highest BCUT2D eigenvalue weighted by molar-refractivity contribution is 5.19. The van der Waals surface area contributed by atoms with Crippen molar-refractivity contribution >= 4 is 6.01 Å². The Bertz CT molecular complexity index is 425. The lowest BCUT2D eigenvalue weighted by atomic mass is 10.3. The van der Waals surface area contributed by atoms with Crippen molar-refractivity contribution in [1.82, 2.24) is 20.7 Å². The maximum Gasteiger partial charge on any atom is 0.315 e. The highest BCUT2D eigenvalue weighted by Gasteiger charge is 2.11. The maximum absolute atomic E-state index is 5.38. The smallest absolute Gasteiger partial charge is 0.315 e. The van der Waals surface area contributed by atoms with Crippen LogP contribution < -0.4 is 10.6 Å². The molecule has 0 aliphatic rings. The molecule has 0 aliphatic heterocycles. The van der Waals surface area contributed by atoms with Gasteiger partial charge in [-0.15, -0.1) is 5.10 Å². The fraction of sp³-hybridized carbons (Fsp3) is 0.444. The maximum atomic E-state index is 5.38. The number of anilines is 1. The first-order chi connectivity index (χ1) is 7.79. The van der Waals surface area contributed by atoms with Gasteiger partial charge in [-0.1, -0.05) is 10.3 Å². The second-order valence-electron chi connectivity index (χ2n) is 3.30. The first-order valence-electron chi connectivity index (χ1n) is 4.93. The molecule has 2 aromatic heterocycles. The van der Waals surface area contributed by atoms with E-state index in [0.29, 0.717) is 18.5 Å². The number of hydrogen-bond donors (Lipinski definition) is 2. The Morgan fingerprint density at radius 2 is 2.31 bits per heavy atom. The summed E-state index contributed by atoms with van der Waals surface area (Å²) in [6, 6.07) is 2.18. The van der Waals surface area contributed by atoms with E-state index in [1.54, 1.807) is 6.07 Å². The standard InChI is InChI=1S/C9H13N5O2/c1-6(10-2)8-12-13-9(16-8)11-5-7-3-4-15-14-7/h3-4,6,10H,5H2,1-2H3,(H,11,13). The molecular weight excluding hydrogens is 210 g/mol. The summed E-state index contributed by atoms with van der Waals surface area (Å²) in [4.78, 5) is 0. The van der Waals surface area contributed by atoms with Crippen molar-refractivity contribution < 1.29 is 8.94 Å². The van der Waals surface area contributed by atoms with Gasteiger partial charge in [-0.3, -0.25) is 0 Å². The van der Waals surface area contributed by atoms with Crippen LogP contribution in [0.4, 0.5) is 6.01 Å². The molecule has 0 saturated heterocycles. The van der Waals surface area contributed by atoms with Gasteiger partial charge in [0.05, 0.1) is 12.6 Å². The Hall–Kier alpha value is -1.89. The first-order valence-corrected chi connectivity index (χ1v) is 4.93. The largest absolute Gasteiger partial charge is 0.406 e. The molecule has 2 aromatic rings. The zero-order chi connectivity index (χ0) is 11.4. The molecule has 0 radical (unpaired) electrons. The van der Waals surface area contributed by atoms with Crippen molar-refractivity contribution in [2.75, 3.05) is 12.4 Å². The number of rotatable bonds is 5. The lowest BCUT2D eigenvalue weighted by molar-refractivity contribution is 0.411. The summed E-state index contributed by atoms with van der Waals surface area (Å²) in [5, 5.41) is 17.5. The van der Waals surface area contributed by atoms with Gasteiger partial charge in [0, 0.05) is 6.07 Å². The second-order valence-corrected chi connectivity index (χ2v) is 3.30. The van der Waals surface area contributed by atoms with Crippen LogP contribution in [0.15, 0.2) is 21.3 Å². The number of nitrogens with one attached hydrogen (secondary N) is 2. The van der Waals surface area contributed by atoms with Crippen LogP contribution in [-0.2, 0) is 6.54 Å². The van der Waals surface area contributed by atoms with E-state index in [1.807, 2.05) is 14.0 Å². The third-order valence-corrected chi connectivity index (χ3v) is 2.16. The van der Waals surface area contributed by atoms with Crippen molar-refractivity contribution in [3.63, 3.8) is 0 Å². The monoisotopic (exact) mass is 223 g/mol. The topological polar surface area (TPSA) is 89.0 Å². The highest BCUT2D eigenvalue weighted by Crippen LogP contribution is 2.13. The molecule has 0 aliphatic carbocycles. The van der Waals surface area contributed by atoms with E-state index >= 15 is 0 Å². The zero-order valence-corrected chi connectivity index (χ0v) is 9.10. The van der Waals surface area contributed by atoms with E-state index in [4.69, 9.17) is 8.94 Å². The number of hydrogen-bond acceptors (Lipinski definition) is 7. The normalized spacial score (nSPS) is 12.6. The van der Waals surface area contributed by atoms with Crippen LogP contribution in [0.2, 0.25) is 0 Å². The van der Waals surface area contributed by atoms with Gasteiger partial charge in [-0.2, -0.15) is 0 Å². The molecule has 0 amide bonds. The van der Waals surface area contributed by atoms with Crippen LogP contribution in [0, 0.1) is 0 Å². The Morgan fingerprint density at radius 3 is 3.00 bits per heavy atom. The molecule has 2 N–H and O–H groups in total. The van der Waals surface area contributed by atoms with E-state index in [-0.39, 0.29) is 6.04 Å². The molecule has 2 rings (SSSR count). The van der Waals surface area contributed by atoms with E-state index in [9.17, 15) is 0 Å². The molecule has 0 spiro atoms. The Balaban J connectivity index is 1.93. The van der Waals surface area contributed by atoms with Gasteiger partial charge in [-0.25, -0.2) is 0 Å². The van der Waals surface area contributed by atoms with Crippen LogP contribution >= 0.6 is 0 Å². The molecule has 0 saturated carbocycles. The van der Waals surface area contributed by atoms with Crippen LogP contribution in [0.5, 0.6) is 0 Å². The van der Waals surface area contributed by atoms with E-state index < -0.39 is 0 Å². The van der Waals surface area contributed by atoms with Gasteiger partial charge in [0.15, 0.2) is 0 Å². The van der Waals surface area contributed by atoms with Gasteiger partial charge in [0.2, 0.25) is 5.89 Å². The predicted molar refractivity (Wildman–Crippen MR) is 55.6 cm³/mol. The molecule has 0 fully saturated rings. The summed E-state index contributed by atoms with van der Waals surface area (Å²) < 4.78 is 10.1. The summed E-state index contributed by atoms with van der Waals surface area (Å²) in [5.41, 5.74) is 0.779. The van der Waals surface area contributed by atoms with Gasteiger partial charge in [0.25, 0.3) is 0 Å².